The zero-order valence-corrected chi connectivity index (χ0v) is 17.3. The van der Waals surface area contributed by atoms with Crippen LogP contribution in [0.25, 0.3) is 34.3 Å². The van der Waals surface area contributed by atoms with Crippen molar-refractivity contribution in [3.8, 4) is 17.1 Å². The van der Waals surface area contributed by atoms with E-state index < -0.39 is 5.60 Å². The van der Waals surface area contributed by atoms with Gasteiger partial charge in [-0.3, -0.25) is 4.57 Å². The van der Waals surface area contributed by atoms with Gasteiger partial charge in [-0.25, -0.2) is 19.3 Å². The summed E-state index contributed by atoms with van der Waals surface area (Å²) in [7, 11) is 0. The Kier molecular flexibility index (Phi) is 5.87. The number of halogens is 2. The second kappa shape index (κ2) is 8.22. The van der Waals surface area contributed by atoms with Crippen LogP contribution in [0.2, 0.25) is 0 Å². The zero-order chi connectivity index (χ0) is 20.6. The summed E-state index contributed by atoms with van der Waals surface area (Å²) in [5.41, 5.74) is 7.48. The van der Waals surface area contributed by atoms with Gasteiger partial charge in [0.25, 0.3) is 0 Å². The smallest absolute Gasteiger partial charge is 0.171 e. The summed E-state index contributed by atoms with van der Waals surface area (Å²) in [6.45, 7) is 3.31. The minimum Gasteiger partial charge on any atom is -0.386 e. The Morgan fingerprint density at radius 3 is 2.43 bits per heavy atom. The molecule has 0 bridgehead atoms. The van der Waals surface area contributed by atoms with Crippen molar-refractivity contribution in [2.45, 2.75) is 19.4 Å². The van der Waals surface area contributed by atoms with E-state index in [1.807, 2.05) is 34.9 Å². The number of hydrogen-bond acceptors (Lipinski definition) is 5. The van der Waals surface area contributed by atoms with Crippen molar-refractivity contribution in [3.05, 3.63) is 72.3 Å². The van der Waals surface area contributed by atoms with E-state index in [4.69, 9.17) is 5.73 Å². The normalized spacial score (nSPS) is 11.7. The Labute approximate surface area is 179 Å². The van der Waals surface area contributed by atoms with Crippen LogP contribution in [-0.2, 0) is 0 Å². The maximum atomic E-state index is 13.9. The van der Waals surface area contributed by atoms with Gasteiger partial charge < -0.3 is 10.8 Å². The van der Waals surface area contributed by atoms with Gasteiger partial charge in [0.1, 0.15) is 11.6 Å². The third-order valence-corrected chi connectivity index (χ3v) is 4.29. The molecule has 3 N–H and O–H groups in total. The van der Waals surface area contributed by atoms with Crippen LogP contribution >= 0.6 is 12.4 Å². The molecule has 30 heavy (non-hydrogen) atoms. The summed E-state index contributed by atoms with van der Waals surface area (Å²) in [6.07, 6.45) is 3.20. The highest BCUT2D eigenvalue weighted by molar-refractivity contribution is 5.88. The molecule has 0 saturated heterocycles. The Balaban J connectivity index is 0.00000256. The summed E-state index contributed by atoms with van der Waals surface area (Å²) >= 11 is 0. The molecule has 0 saturated carbocycles. The molecule has 154 valence electrons. The fourth-order valence-corrected chi connectivity index (χ4v) is 2.99. The first-order valence-electron chi connectivity index (χ1n) is 9.11. The molecule has 0 aliphatic rings. The molecule has 0 unspecified atom stereocenters. The predicted octanol–water partition coefficient (Wildman–Crippen LogP) is 4.41. The second-order valence-electron chi connectivity index (χ2n) is 7.24. The molecule has 0 amide bonds. The largest absolute Gasteiger partial charge is 0.386 e. The van der Waals surface area contributed by atoms with Crippen LogP contribution in [0.4, 0.5) is 10.2 Å². The van der Waals surface area contributed by atoms with E-state index in [2.05, 4.69) is 15.0 Å². The minimum atomic E-state index is -1.01. The van der Waals surface area contributed by atoms with Crippen LogP contribution in [0.3, 0.4) is 0 Å². The molecule has 0 atom stereocenters. The molecule has 8 heteroatoms. The lowest BCUT2D eigenvalue weighted by atomic mass is 10.1. The van der Waals surface area contributed by atoms with Gasteiger partial charge in [0.05, 0.1) is 5.60 Å². The summed E-state index contributed by atoms with van der Waals surface area (Å²) < 4.78 is 15.7. The van der Waals surface area contributed by atoms with Gasteiger partial charge in [-0.15, -0.1) is 12.4 Å². The summed E-state index contributed by atoms with van der Waals surface area (Å²) in [6, 6.07) is 15.7. The number of aliphatic hydroxyl groups is 1. The van der Waals surface area contributed by atoms with Crippen LogP contribution in [0.5, 0.6) is 0 Å². The molecule has 0 aliphatic heterocycles. The number of para-hydroxylation sites is 1. The molecular formula is C22H21ClFN5O. The van der Waals surface area contributed by atoms with Crippen LogP contribution in [0.15, 0.2) is 60.7 Å². The SMILES string of the molecule is CC(C)(O)C=Cc1nc(N)c2nc(-c3cccc(F)c3)n(-c3ccccc3)c2n1.Cl. The van der Waals surface area contributed by atoms with Crippen molar-refractivity contribution in [1.29, 1.82) is 0 Å². The van der Waals surface area contributed by atoms with Crippen molar-refractivity contribution in [1.82, 2.24) is 19.5 Å². The Morgan fingerprint density at radius 2 is 1.77 bits per heavy atom. The van der Waals surface area contributed by atoms with Crippen LogP contribution in [-0.4, -0.2) is 30.2 Å². The molecule has 4 aromatic rings. The van der Waals surface area contributed by atoms with E-state index in [-0.39, 0.29) is 24.0 Å². The molecule has 0 fully saturated rings. The minimum absolute atomic E-state index is 0. The lowest BCUT2D eigenvalue weighted by Gasteiger charge is -2.10. The van der Waals surface area contributed by atoms with Gasteiger partial charge >= 0.3 is 0 Å². The standard InChI is InChI=1S/C22H20FN5O.ClH/c1-22(2,29)12-11-17-25-19(24)18-21(26-17)28(16-9-4-3-5-10-16)20(27-18)14-7-6-8-15(23)13-14;/h3-13,29H,1-2H3,(H2,24,25,26);1H. The highest BCUT2D eigenvalue weighted by Crippen LogP contribution is 2.30. The number of aromatic nitrogens is 4. The average Bonchev–Trinajstić information content (AvgIpc) is 3.07. The summed E-state index contributed by atoms with van der Waals surface area (Å²) in [5.74, 6) is 0.704. The van der Waals surface area contributed by atoms with Gasteiger partial charge in [0.2, 0.25) is 0 Å². The van der Waals surface area contributed by atoms with E-state index in [9.17, 15) is 9.50 Å². The Hall–Kier alpha value is -3.29. The van der Waals surface area contributed by atoms with Gasteiger partial charge in [-0.05, 0) is 50.3 Å². The molecule has 0 spiro atoms. The van der Waals surface area contributed by atoms with E-state index in [1.165, 1.54) is 12.1 Å². The molecule has 2 aromatic carbocycles. The highest BCUT2D eigenvalue weighted by atomic mass is 35.5. The average molecular weight is 426 g/mol. The number of nitrogens with zero attached hydrogens (tertiary/aromatic N) is 4. The first-order valence-corrected chi connectivity index (χ1v) is 9.11. The third-order valence-electron chi connectivity index (χ3n) is 4.29. The van der Waals surface area contributed by atoms with E-state index in [0.717, 1.165) is 5.69 Å². The van der Waals surface area contributed by atoms with E-state index in [1.54, 1.807) is 38.1 Å². The maximum Gasteiger partial charge on any atom is 0.171 e. The molecule has 0 radical (unpaired) electrons. The molecule has 6 nitrogen and oxygen atoms in total. The molecular weight excluding hydrogens is 405 g/mol. The van der Waals surface area contributed by atoms with Crippen LogP contribution in [0, 0.1) is 5.82 Å². The molecule has 2 aromatic heterocycles. The molecule has 0 aliphatic carbocycles. The van der Waals surface area contributed by atoms with Gasteiger partial charge in [0, 0.05) is 11.3 Å². The quantitative estimate of drug-likeness (QED) is 0.505. The van der Waals surface area contributed by atoms with Crippen LogP contribution < -0.4 is 5.73 Å². The van der Waals surface area contributed by atoms with E-state index >= 15 is 0 Å². The van der Waals surface area contributed by atoms with Gasteiger partial charge in [0.15, 0.2) is 22.8 Å². The van der Waals surface area contributed by atoms with Crippen molar-refractivity contribution in [2.75, 3.05) is 5.73 Å². The number of benzene rings is 2. The lowest BCUT2D eigenvalue weighted by Crippen LogP contribution is -2.13. The topological polar surface area (TPSA) is 89.9 Å². The lowest BCUT2D eigenvalue weighted by molar-refractivity contribution is 0.134. The third kappa shape index (κ3) is 4.32. The van der Waals surface area contributed by atoms with Crippen LogP contribution in [0.1, 0.15) is 19.7 Å². The maximum absolute atomic E-state index is 13.9. The second-order valence-corrected chi connectivity index (χ2v) is 7.24. The highest BCUT2D eigenvalue weighted by Gasteiger charge is 2.19. The molecule has 4 rings (SSSR count). The van der Waals surface area contributed by atoms with Crippen molar-refractivity contribution in [3.63, 3.8) is 0 Å². The van der Waals surface area contributed by atoms with Gasteiger partial charge in [-0.1, -0.05) is 30.3 Å². The molecule has 2 heterocycles. The van der Waals surface area contributed by atoms with Gasteiger partial charge in [-0.2, -0.15) is 0 Å². The number of anilines is 1. The van der Waals surface area contributed by atoms with Crippen molar-refractivity contribution < 1.29 is 9.50 Å². The number of nitrogen functional groups attached to an aromatic ring is 1. The number of rotatable bonds is 4. The fraction of sp³-hybridized carbons (Fsp3) is 0.136. The van der Waals surface area contributed by atoms with Crippen molar-refractivity contribution >= 4 is 35.5 Å². The first kappa shape index (κ1) is 21.4. The summed E-state index contributed by atoms with van der Waals surface area (Å²) in [5, 5.41) is 9.95. The summed E-state index contributed by atoms with van der Waals surface area (Å²) in [4.78, 5) is 13.5. The monoisotopic (exact) mass is 425 g/mol. The first-order chi connectivity index (χ1) is 13.8. The Morgan fingerprint density at radius 1 is 1.03 bits per heavy atom. The zero-order valence-electron chi connectivity index (χ0n) is 16.5. The van der Waals surface area contributed by atoms with E-state index in [0.29, 0.717) is 28.4 Å². The number of imidazole rings is 1. The van der Waals surface area contributed by atoms with Crippen molar-refractivity contribution in [2.24, 2.45) is 0 Å². The number of nitrogens with two attached hydrogens (primary N) is 1. The predicted molar refractivity (Wildman–Crippen MR) is 119 cm³/mol. The Bertz CT molecular complexity index is 1220. The number of fused-ring (bicyclic) bond motifs is 1. The fourth-order valence-electron chi connectivity index (χ4n) is 2.99. The number of hydrogen-bond donors (Lipinski definition) is 2.